The lowest BCUT2D eigenvalue weighted by Crippen LogP contribution is -2.48. The van der Waals surface area contributed by atoms with E-state index < -0.39 is 65.5 Å². The number of benzene rings is 2. The number of likely N-dealkylation sites (N-methyl/N-ethyl adjacent to an activating group) is 1. The van der Waals surface area contributed by atoms with Crippen molar-refractivity contribution in [3.05, 3.63) is 48.0 Å². The molecule has 3 rings (SSSR count). The molecule has 2 N–H and O–H groups in total. The Morgan fingerprint density at radius 3 is 2.48 bits per heavy atom. The second-order valence-electron chi connectivity index (χ2n) is 12.1. The Morgan fingerprint density at radius 1 is 1.17 bits per heavy atom. The Bertz CT molecular complexity index is 1470. The van der Waals surface area contributed by atoms with Gasteiger partial charge in [0.05, 0.1) is 48.8 Å². The van der Waals surface area contributed by atoms with Crippen molar-refractivity contribution in [2.24, 2.45) is 5.92 Å². The minimum atomic E-state index is -4.50. The topological polar surface area (TPSA) is 135 Å². The van der Waals surface area contributed by atoms with Crippen LogP contribution in [0.15, 0.2) is 47.4 Å². The molecule has 4 atom stereocenters. The third kappa shape index (κ3) is 11.1. The monoisotopic (exact) mass is 701 g/mol. The fourth-order valence-electron chi connectivity index (χ4n) is 5.22. The number of nitrogens with one attached hydrogen (secondary N) is 1. The molecule has 1 aliphatic heterocycles. The van der Waals surface area contributed by atoms with Crippen LogP contribution in [-0.4, -0.2) is 99.4 Å². The second-order valence-corrected chi connectivity index (χ2v) is 14.2. The Kier molecular flexibility index (Phi) is 14.1. The molecule has 1 heterocycles. The molecule has 11 nitrogen and oxygen atoms in total. The zero-order valence-corrected chi connectivity index (χ0v) is 28.8. The number of hydrogen-bond donors (Lipinski definition) is 2. The predicted molar refractivity (Wildman–Crippen MR) is 174 cm³/mol. The Hall–Kier alpha value is -3.40. The van der Waals surface area contributed by atoms with E-state index in [0.717, 1.165) is 0 Å². The summed E-state index contributed by atoms with van der Waals surface area (Å²) >= 11 is 0. The number of nitrogens with zero attached hydrogens (tertiary/aromatic N) is 2. The van der Waals surface area contributed by atoms with Gasteiger partial charge in [-0.25, -0.2) is 8.42 Å². The van der Waals surface area contributed by atoms with Crippen LogP contribution in [0.5, 0.6) is 11.5 Å². The minimum Gasteiger partial charge on any atom is -0.497 e. The van der Waals surface area contributed by atoms with Gasteiger partial charge < -0.3 is 29.5 Å². The van der Waals surface area contributed by atoms with E-state index in [1.165, 1.54) is 53.7 Å². The van der Waals surface area contributed by atoms with Gasteiger partial charge in [-0.15, -0.1) is 0 Å². The molecule has 0 saturated carbocycles. The molecule has 0 saturated heterocycles. The van der Waals surface area contributed by atoms with E-state index in [1.807, 2.05) is 13.8 Å². The summed E-state index contributed by atoms with van der Waals surface area (Å²) < 4.78 is 83.6. The molecule has 0 unspecified atom stereocenters. The highest BCUT2D eigenvalue weighted by Gasteiger charge is 2.33. The van der Waals surface area contributed by atoms with Gasteiger partial charge in [0.2, 0.25) is 15.9 Å². The summed E-state index contributed by atoms with van der Waals surface area (Å²) in [6.07, 6.45) is -5.55. The van der Waals surface area contributed by atoms with E-state index >= 15 is 0 Å². The lowest BCUT2D eigenvalue weighted by molar-refractivity contribution is -0.142. The van der Waals surface area contributed by atoms with Gasteiger partial charge in [-0.1, -0.05) is 6.92 Å². The van der Waals surface area contributed by atoms with E-state index in [4.69, 9.17) is 14.2 Å². The maximum Gasteiger partial charge on any atom is 0.389 e. The second kappa shape index (κ2) is 17.3. The smallest absolute Gasteiger partial charge is 0.389 e. The number of hydrogen-bond acceptors (Lipinski definition) is 8. The maximum atomic E-state index is 14.2. The Morgan fingerprint density at radius 2 is 1.85 bits per heavy atom. The summed E-state index contributed by atoms with van der Waals surface area (Å²) in [6, 6.07) is 9.64. The molecule has 1 aliphatic rings. The van der Waals surface area contributed by atoms with Crippen LogP contribution in [0.4, 0.5) is 18.9 Å². The number of sulfonamides is 1. The van der Waals surface area contributed by atoms with Crippen molar-refractivity contribution in [2.45, 2.75) is 82.2 Å². The summed E-state index contributed by atoms with van der Waals surface area (Å²) in [5.74, 6) is -1.10. The minimum absolute atomic E-state index is 0.0186. The normalized spacial score (nSPS) is 20.8. The van der Waals surface area contributed by atoms with Crippen molar-refractivity contribution in [3.63, 3.8) is 0 Å². The van der Waals surface area contributed by atoms with Gasteiger partial charge in [0, 0.05) is 44.8 Å². The van der Waals surface area contributed by atoms with Crippen LogP contribution >= 0.6 is 0 Å². The van der Waals surface area contributed by atoms with Gasteiger partial charge in [-0.05, 0) is 75.6 Å². The van der Waals surface area contributed by atoms with Gasteiger partial charge in [0.25, 0.3) is 5.91 Å². The number of aliphatic hydroxyl groups excluding tert-OH is 1. The lowest BCUT2D eigenvalue weighted by atomic mass is 10.0. The molecule has 0 radical (unpaired) electrons. The average Bonchev–Trinajstić information content (AvgIpc) is 3.04. The first-order chi connectivity index (χ1) is 22.5. The standard InChI is InChI=1S/C33H46F3N3O8S/c1-22-19-39(23(2)21-40)32(42)28-18-25(37-31(41)15-16-33(34,35)36)9-14-29(28)47-24(3)8-6-7-17-46-30(22)20-38(4)48(43,44)27-12-10-26(45-5)11-13-27/h9-14,18,22-24,30,40H,6-8,15-17,19-21H2,1-5H3,(H,37,41)/t22-,23-,24-,30+/m1/s1. The van der Waals surface area contributed by atoms with E-state index in [0.29, 0.717) is 31.6 Å². The number of halogens is 3. The number of anilines is 1. The number of methoxy groups -OCH3 is 1. The number of rotatable bonds is 10. The average molecular weight is 702 g/mol. The fraction of sp³-hybridized carbons (Fsp3) is 0.576. The first kappa shape index (κ1) is 39.0. The third-order valence-corrected chi connectivity index (χ3v) is 10.0. The van der Waals surface area contributed by atoms with Gasteiger partial charge in [0.1, 0.15) is 11.5 Å². The first-order valence-corrected chi connectivity index (χ1v) is 17.3. The first-order valence-electron chi connectivity index (χ1n) is 15.9. The van der Waals surface area contributed by atoms with Crippen LogP contribution in [0.2, 0.25) is 0 Å². The van der Waals surface area contributed by atoms with Gasteiger partial charge >= 0.3 is 6.18 Å². The van der Waals surface area contributed by atoms with E-state index in [1.54, 1.807) is 19.1 Å². The molecule has 0 aliphatic carbocycles. The molecule has 0 bridgehead atoms. The van der Waals surface area contributed by atoms with E-state index in [9.17, 15) is 36.3 Å². The van der Waals surface area contributed by atoms with Gasteiger partial charge in [-0.3, -0.25) is 9.59 Å². The summed E-state index contributed by atoms with van der Waals surface area (Å²) in [6.45, 7) is 5.30. The van der Waals surface area contributed by atoms with Gasteiger partial charge in [0.15, 0.2) is 0 Å². The molecule has 0 fully saturated rings. The summed E-state index contributed by atoms with van der Waals surface area (Å²) in [4.78, 5) is 28.0. The van der Waals surface area contributed by atoms with Crippen molar-refractivity contribution in [2.75, 3.05) is 45.8 Å². The lowest BCUT2D eigenvalue weighted by Gasteiger charge is -2.35. The number of carbonyl (C=O) groups excluding carboxylic acids is 2. The molecule has 2 amide bonds. The molecule has 2 aromatic rings. The zero-order chi connectivity index (χ0) is 35.6. The van der Waals surface area contributed by atoms with Crippen LogP contribution in [0.1, 0.15) is 63.2 Å². The number of ether oxygens (including phenoxy) is 3. The van der Waals surface area contributed by atoms with Crippen LogP contribution in [0, 0.1) is 5.92 Å². The molecule has 268 valence electrons. The summed E-state index contributed by atoms with van der Waals surface area (Å²) in [7, 11) is -0.960. The fourth-order valence-corrected chi connectivity index (χ4v) is 6.40. The number of amides is 2. The van der Waals surface area contributed by atoms with Crippen molar-refractivity contribution in [3.8, 4) is 11.5 Å². The number of carbonyl (C=O) groups is 2. The predicted octanol–water partition coefficient (Wildman–Crippen LogP) is 5.09. The SMILES string of the molecule is COc1ccc(S(=O)(=O)N(C)C[C@@H]2OCCCC[C@@H](C)Oc3ccc(NC(=O)CCC(F)(F)F)cc3C(=O)N([C@H](C)CO)C[C@H]2C)cc1. The molecular formula is C33H46F3N3O8S. The number of alkyl halides is 3. The molecule has 0 spiro atoms. The van der Waals surface area contributed by atoms with Crippen LogP contribution in [-0.2, 0) is 19.6 Å². The van der Waals surface area contributed by atoms with Crippen molar-refractivity contribution in [1.82, 2.24) is 9.21 Å². The number of aliphatic hydroxyl groups is 1. The molecule has 0 aromatic heterocycles. The molecular weight excluding hydrogens is 655 g/mol. The van der Waals surface area contributed by atoms with Gasteiger partial charge in [-0.2, -0.15) is 17.5 Å². The maximum absolute atomic E-state index is 14.2. The van der Waals surface area contributed by atoms with Crippen LogP contribution < -0.4 is 14.8 Å². The number of fused-ring (bicyclic) bond motifs is 1. The van der Waals surface area contributed by atoms with Crippen LogP contribution in [0.25, 0.3) is 0 Å². The van der Waals surface area contributed by atoms with Crippen molar-refractivity contribution in [1.29, 1.82) is 0 Å². The van der Waals surface area contributed by atoms with Crippen molar-refractivity contribution >= 4 is 27.5 Å². The Balaban J connectivity index is 1.93. The zero-order valence-electron chi connectivity index (χ0n) is 28.0. The molecule has 15 heteroatoms. The summed E-state index contributed by atoms with van der Waals surface area (Å²) in [5.41, 5.74) is 0.166. The summed E-state index contributed by atoms with van der Waals surface area (Å²) in [5, 5.41) is 12.6. The molecule has 48 heavy (non-hydrogen) atoms. The Labute approximate surface area is 280 Å². The largest absolute Gasteiger partial charge is 0.497 e. The highest BCUT2D eigenvalue weighted by atomic mass is 32.2. The molecule has 2 aromatic carbocycles. The van der Waals surface area contributed by atoms with E-state index in [2.05, 4.69) is 5.32 Å². The highest BCUT2D eigenvalue weighted by molar-refractivity contribution is 7.89. The highest BCUT2D eigenvalue weighted by Crippen LogP contribution is 2.29. The van der Waals surface area contributed by atoms with E-state index in [-0.39, 0.29) is 41.1 Å². The third-order valence-electron chi connectivity index (χ3n) is 8.18. The quantitative estimate of drug-likeness (QED) is 0.350. The van der Waals surface area contributed by atoms with Crippen LogP contribution in [0.3, 0.4) is 0 Å². The van der Waals surface area contributed by atoms with Crippen molar-refractivity contribution < 1.29 is 50.5 Å².